The van der Waals surface area contributed by atoms with Crippen LogP contribution in [0.15, 0.2) is 18.2 Å². The van der Waals surface area contributed by atoms with E-state index in [1.54, 1.807) is 4.90 Å². The van der Waals surface area contributed by atoms with E-state index in [1.165, 1.54) is 0 Å². The van der Waals surface area contributed by atoms with Crippen molar-refractivity contribution in [2.75, 3.05) is 44.7 Å². The first kappa shape index (κ1) is 15.9. The molecule has 1 aliphatic rings. The topological polar surface area (TPSA) is 44.8 Å². The van der Waals surface area contributed by atoms with E-state index in [-0.39, 0.29) is 6.09 Å². The Kier molecular flexibility index (Phi) is 5.70. The largest absolute Gasteiger partial charge is 0.450 e. The number of piperazine rings is 1. The minimum atomic E-state index is -0.223. The molecule has 0 unspecified atom stereocenters. The Morgan fingerprint density at radius 1 is 1.33 bits per heavy atom. The van der Waals surface area contributed by atoms with Crippen molar-refractivity contribution in [3.05, 3.63) is 28.8 Å². The Labute approximate surface area is 130 Å². The maximum Gasteiger partial charge on any atom is 0.409 e. The normalized spacial score (nSPS) is 15.2. The molecule has 1 aliphatic heterocycles. The van der Waals surface area contributed by atoms with E-state index in [4.69, 9.17) is 16.3 Å². The second kappa shape index (κ2) is 7.52. The number of nitrogens with one attached hydrogen (secondary N) is 1. The first-order valence-corrected chi connectivity index (χ1v) is 7.63. The summed E-state index contributed by atoms with van der Waals surface area (Å²) in [6.07, 6.45) is -0.223. The van der Waals surface area contributed by atoms with Gasteiger partial charge in [0.15, 0.2) is 0 Å². The molecule has 0 bridgehead atoms. The highest BCUT2D eigenvalue weighted by Gasteiger charge is 2.23. The summed E-state index contributed by atoms with van der Waals surface area (Å²) in [7, 11) is 1.91. The van der Waals surface area contributed by atoms with Crippen molar-refractivity contribution in [3.63, 3.8) is 0 Å². The Hall–Kier alpha value is -1.46. The van der Waals surface area contributed by atoms with Crippen molar-refractivity contribution < 1.29 is 9.53 Å². The summed E-state index contributed by atoms with van der Waals surface area (Å²) >= 11 is 6.30. The van der Waals surface area contributed by atoms with Crippen LogP contribution in [-0.2, 0) is 11.3 Å². The van der Waals surface area contributed by atoms with Crippen molar-refractivity contribution in [1.82, 2.24) is 10.2 Å². The van der Waals surface area contributed by atoms with Gasteiger partial charge in [-0.3, -0.25) is 0 Å². The highest BCUT2D eigenvalue weighted by Crippen LogP contribution is 2.28. The number of ether oxygens (including phenoxy) is 1. The smallest absolute Gasteiger partial charge is 0.409 e. The zero-order valence-electron chi connectivity index (χ0n) is 12.6. The lowest BCUT2D eigenvalue weighted by molar-refractivity contribution is 0.105. The molecule has 1 fully saturated rings. The third-order valence-corrected chi connectivity index (χ3v) is 3.95. The maximum absolute atomic E-state index is 11.7. The molecule has 0 aliphatic carbocycles. The lowest BCUT2D eigenvalue weighted by Gasteiger charge is -2.36. The molecule has 21 heavy (non-hydrogen) atoms. The van der Waals surface area contributed by atoms with Gasteiger partial charge in [0.1, 0.15) is 0 Å². The number of hydrogen-bond acceptors (Lipinski definition) is 4. The van der Waals surface area contributed by atoms with Gasteiger partial charge in [0.25, 0.3) is 0 Å². The number of carbonyl (C=O) groups is 1. The first-order chi connectivity index (χ1) is 10.2. The fraction of sp³-hybridized carbons (Fsp3) is 0.533. The Morgan fingerprint density at radius 2 is 2.05 bits per heavy atom. The molecule has 1 heterocycles. The third-order valence-electron chi connectivity index (χ3n) is 3.59. The SMILES string of the molecule is CCOC(=O)N1CCN(c2cccc(Cl)c2CNC)CC1. The molecule has 1 amide bonds. The standard InChI is InChI=1S/C15H22ClN3O2/c1-3-21-15(20)19-9-7-18(8-10-19)14-6-4-5-13(16)12(14)11-17-2/h4-6,17H,3,7-11H2,1-2H3. The number of carbonyl (C=O) groups excluding carboxylic acids is 1. The molecule has 1 aromatic rings. The number of halogens is 1. The highest BCUT2D eigenvalue weighted by molar-refractivity contribution is 6.31. The number of nitrogens with zero attached hydrogens (tertiary/aromatic N) is 2. The Morgan fingerprint density at radius 3 is 2.67 bits per heavy atom. The number of benzene rings is 1. The molecule has 6 heteroatoms. The number of anilines is 1. The summed E-state index contributed by atoms with van der Waals surface area (Å²) in [6, 6.07) is 5.96. The summed E-state index contributed by atoms with van der Waals surface area (Å²) < 4.78 is 5.04. The van der Waals surface area contributed by atoms with Gasteiger partial charge in [-0.2, -0.15) is 0 Å². The molecule has 0 radical (unpaired) electrons. The molecule has 1 aromatic carbocycles. The molecular weight excluding hydrogens is 290 g/mol. The first-order valence-electron chi connectivity index (χ1n) is 7.26. The summed E-state index contributed by atoms with van der Waals surface area (Å²) in [5, 5.41) is 3.93. The molecule has 1 N–H and O–H groups in total. The Bertz CT molecular complexity index is 488. The minimum absolute atomic E-state index is 0.223. The van der Waals surface area contributed by atoms with Crippen molar-refractivity contribution in [1.29, 1.82) is 0 Å². The second-order valence-electron chi connectivity index (χ2n) is 4.94. The summed E-state index contributed by atoms with van der Waals surface area (Å²) in [5.74, 6) is 0. The van der Waals surface area contributed by atoms with E-state index in [0.29, 0.717) is 19.7 Å². The van der Waals surface area contributed by atoms with E-state index >= 15 is 0 Å². The van der Waals surface area contributed by atoms with Gasteiger partial charge in [0.2, 0.25) is 0 Å². The van der Waals surface area contributed by atoms with Crippen LogP contribution in [0.1, 0.15) is 12.5 Å². The molecule has 0 atom stereocenters. The van der Waals surface area contributed by atoms with Crippen LogP contribution >= 0.6 is 11.6 Å². The lowest BCUT2D eigenvalue weighted by Crippen LogP contribution is -2.49. The molecule has 0 spiro atoms. The zero-order chi connectivity index (χ0) is 15.2. The maximum atomic E-state index is 11.7. The van der Waals surface area contributed by atoms with Crippen LogP contribution < -0.4 is 10.2 Å². The van der Waals surface area contributed by atoms with Crippen molar-refractivity contribution in [2.45, 2.75) is 13.5 Å². The average molecular weight is 312 g/mol. The lowest BCUT2D eigenvalue weighted by atomic mass is 10.1. The van der Waals surface area contributed by atoms with Gasteiger partial charge in [0.05, 0.1) is 6.61 Å². The Balaban J connectivity index is 2.05. The summed E-state index contributed by atoms with van der Waals surface area (Å²) in [5.41, 5.74) is 2.24. The predicted molar refractivity (Wildman–Crippen MR) is 85.0 cm³/mol. The van der Waals surface area contributed by atoms with Crippen LogP contribution in [-0.4, -0.2) is 50.8 Å². The van der Waals surface area contributed by atoms with Crippen molar-refractivity contribution in [2.24, 2.45) is 0 Å². The minimum Gasteiger partial charge on any atom is -0.450 e. The van der Waals surface area contributed by atoms with Gasteiger partial charge in [-0.05, 0) is 26.1 Å². The van der Waals surface area contributed by atoms with E-state index in [9.17, 15) is 4.79 Å². The summed E-state index contributed by atoms with van der Waals surface area (Å²) in [4.78, 5) is 15.7. The monoisotopic (exact) mass is 311 g/mol. The van der Waals surface area contributed by atoms with Gasteiger partial charge >= 0.3 is 6.09 Å². The second-order valence-corrected chi connectivity index (χ2v) is 5.35. The average Bonchev–Trinajstić information content (AvgIpc) is 2.50. The summed E-state index contributed by atoms with van der Waals surface area (Å²) in [6.45, 7) is 5.89. The van der Waals surface area contributed by atoms with Gasteiger partial charge in [0, 0.05) is 49.0 Å². The quantitative estimate of drug-likeness (QED) is 0.927. The predicted octanol–water partition coefficient (Wildman–Crippen LogP) is 2.34. The van der Waals surface area contributed by atoms with Crippen LogP contribution in [0.3, 0.4) is 0 Å². The van der Waals surface area contributed by atoms with Crippen LogP contribution in [0.4, 0.5) is 10.5 Å². The molecule has 2 rings (SSSR count). The van der Waals surface area contributed by atoms with E-state index in [0.717, 1.165) is 35.9 Å². The number of rotatable bonds is 4. The zero-order valence-corrected chi connectivity index (χ0v) is 13.3. The van der Waals surface area contributed by atoms with Gasteiger partial charge in [-0.25, -0.2) is 4.79 Å². The van der Waals surface area contributed by atoms with Gasteiger partial charge in [-0.1, -0.05) is 17.7 Å². The fourth-order valence-electron chi connectivity index (χ4n) is 2.54. The third kappa shape index (κ3) is 3.80. The molecule has 0 aromatic heterocycles. The molecular formula is C15H22ClN3O2. The van der Waals surface area contributed by atoms with Crippen LogP contribution in [0.5, 0.6) is 0 Å². The molecule has 5 nitrogen and oxygen atoms in total. The molecule has 116 valence electrons. The van der Waals surface area contributed by atoms with Crippen LogP contribution in [0.25, 0.3) is 0 Å². The van der Waals surface area contributed by atoms with Crippen LogP contribution in [0, 0.1) is 0 Å². The van der Waals surface area contributed by atoms with Crippen molar-refractivity contribution in [3.8, 4) is 0 Å². The van der Waals surface area contributed by atoms with Crippen molar-refractivity contribution >= 4 is 23.4 Å². The van der Waals surface area contributed by atoms with E-state index in [2.05, 4.69) is 16.3 Å². The number of hydrogen-bond donors (Lipinski definition) is 1. The number of amides is 1. The highest BCUT2D eigenvalue weighted by atomic mass is 35.5. The van der Waals surface area contributed by atoms with Gasteiger partial charge < -0.3 is 19.9 Å². The fourth-order valence-corrected chi connectivity index (χ4v) is 2.78. The van der Waals surface area contributed by atoms with E-state index in [1.807, 2.05) is 26.1 Å². The molecule has 1 saturated heterocycles. The molecule has 0 saturated carbocycles. The van der Waals surface area contributed by atoms with Gasteiger partial charge in [-0.15, -0.1) is 0 Å². The van der Waals surface area contributed by atoms with Crippen LogP contribution in [0.2, 0.25) is 5.02 Å². The van der Waals surface area contributed by atoms with E-state index < -0.39 is 0 Å².